The number of fused-ring (bicyclic) bond motifs is 2. The lowest BCUT2D eigenvalue weighted by Gasteiger charge is -2.02. The van der Waals surface area contributed by atoms with Crippen molar-refractivity contribution in [3.05, 3.63) is 78.8 Å². The average molecular weight is 371 g/mol. The van der Waals surface area contributed by atoms with Crippen molar-refractivity contribution in [2.75, 3.05) is 11.9 Å². The molecule has 0 amide bonds. The summed E-state index contributed by atoms with van der Waals surface area (Å²) in [6.07, 6.45) is 6.57. The van der Waals surface area contributed by atoms with Gasteiger partial charge in [0.15, 0.2) is 0 Å². The summed E-state index contributed by atoms with van der Waals surface area (Å²) in [5, 5.41) is 11.3. The molecule has 0 spiro atoms. The van der Waals surface area contributed by atoms with Crippen molar-refractivity contribution >= 4 is 32.2 Å². The van der Waals surface area contributed by atoms with Gasteiger partial charge < -0.3 is 5.32 Å². The van der Waals surface area contributed by atoms with E-state index in [1.807, 2.05) is 35.2 Å². The van der Waals surface area contributed by atoms with E-state index < -0.39 is 0 Å². The second-order valence-electron chi connectivity index (χ2n) is 6.35. The lowest BCUT2D eigenvalue weighted by Crippen LogP contribution is -2.04. The lowest BCUT2D eigenvalue weighted by atomic mass is 10.1. The van der Waals surface area contributed by atoms with Gasteiger partial charge in [-0.25, -0.2) is 9.50 Å². The smallest absolute Gasteiger partial charge is 0.214 e. The van der Waals surface area contributed by atoms with Crippen LogP contribution in [0.3, 0.4) is 0 Å². The van der Waals surface area contributed by atoms with Crippen LogP contribution >= 0.6 is 11.3 Å². The predicted molar refractivity (Wildman–Crippen MR) is 110 cm³/mol. The molecular weight excluding hydrogens is 354 g/mol. The van der Waals surface area contributed by atoms with E-state index in [0.29, 0.717) is 0 Å². The first-order chi connectivity index (χ1) is 13.3. The summed E-state index contributed by atoms with van der Waals surface area (Å²) in [6, 6.07) is 18.9. The van der Waals surface area contributed by atoms with E-state index in [0.717, 1.165) is 34.3 Å². The first-order valence-electron chi connectivity index (χ1n) is 8.83. The van der Waals surface area contributed by atoms with Crippen LogP contribution in [-0.2, 0) is 6.42 Å². The molecule has 0 saturated carbocycles. The fourth-order valence-corrected chi connectivity index (χ4v) is 3.93. The molecule has 0 bridgehead atoms. The van der Waals surface area contributed by atoms with Crippen molar-refractivity contribution in [2.45, 2.75) is 6.42 Å². The number of benzene rings is 2. The Hall–Kier alpha value is -3.25. The lowest BCUT2D eigenvalue weighted by molar-refractivity contribution is 0.947. The second kappa shape index (κ2) is 6.81. The average Bonchev–Trinajstić information content (AvgIpc) is 3.27. The Labute approximate surface area is 160 Å². The highest BCUT2D eigenvalue weighted by Gasteiger charge is 2.10. The molecule has 0 aliphatic carbocycles. The predicted octanol–water partition coefficient (Wildman–Crippen LogP) is 4.66. The molecular formula is C21H17N5S. The van der Waals surface area contributed by atoms with Crippen LogP contribution in [-0.4, -0.2) is 26.1 Å². The number of rotatable bonds is 5. The van der Waals surface area contributed by atoms with Gasteiger partial charge in [-0.15, -0.1) is 5.10 Å². The van der Waals surface area contributed by atoms with Crippen molar-refractivity contribution in [3.63, 3.8) is 0 Å². The molecule has 1 N–H and O–H groups in total. The normalized spacial score (nSPS) is 11.3. The van der Waals surface area contributed by atoms with E-state index >= 15 is 0 Å². The quantitative estimate of drug-likeness (QED) is 0.488. The topological polar surface area (TPSA) is 55.1 Å². The van der Waals surface area contributed by atoms with Gasteiger partial charge in [-0.2, -0.15) is 0 Å². The van der Waals surface area contributed by atoms with Crippen LogP contribution in [0, 0.1) is 0 Å². The molecule has 27 heavy (non-hydrogen) atoms. The van der Waals surface area contributed by atoms with Gasteiger partial charge in [-0.1, -0.05) is 47.7 Å². The highest BCUT2D eigenvalue weighted by atomic mass is 32.1. The van der Waals surface area contributed by atoms with Crippen LogP contribution in [0.5, 0.6) is 0 Å². The number of hydrogen-bond donors (Lipinski definition) is 1. The number of nitrogens with one attached hydrogen (secondary N) is 1. The van der Waals surface area contributed by atoms with Crippen molar-refractivity contribution < 1.29 is 0 Å². The minimum Gasteiger partial charge on any atom is -0.360 e. The summed E-state index contributed by atoms with van der Waals surface area (Å²) < 4.78 is 1.85. The Balaban J connectivity index is 1.33. The summed E-state index contributed by atoms with van der Waals surface area (Å²) in [6.45, 7) is 0.832. The maximum Gasteiger partial charge on any atom is 0.214 e. The summed E-state index contributed by atoms with van der Waals surface area (Å²) in [5.74, 6) is 0. The molecule has 0 aliphatic heterocycles. The first kappa shape index (κ1) is 16.0. The summed E-state index contributed by atoms with van der Waals surface area (Å²) in [4.78, 5) is 9.68. The van der Waals surface area contributed by atoms with E-state index in [1.54, 1.807) is 11.3 Å². The van der Waals surface area contributed by atoms with E-state index in [4.69, 9.17) is 4.98 Å². The fraction of sp³-hybridized carbons (Fsp3) is 0.0952. The van der Waals surface area contributed by atoms with Crippen LogP contribution in [0.25, 0.3) is 27.0 Å². The Bertz CT molecular complexity index is 1180. The summed E-state index contributed by atoms with van der Waals surface area (Å²) in [7, 11) is 0. The van der Waals surface area contributed by atoms with Gasteiger partial charge in [0.2, 0.25) is 10.1 Å². The van der Waals surface area contributed by atoms with Gasteiger partial charge >= 0.3 is 0 Å². The highest BCUT2D eigenvalue weighted by Crippen LogP contribution is 2.27. The molecule has 0 radical (unpaired) electrons. The standard InChI is InChI=1S/C21H17N5S/c1-2-4-17-13-18(6-5-16(17)3-1)19-14-26-21(24-19)27-20(25-26)23-12-9-15-7-10-22-11-8-15/h1-8,10-11,13-14H,9,12H2,(H,23,25). The van der Waals surface area contributed by atoms with E-state index in [2.05, 4.69) is 57.9 Å². The molecule has 6 heteroatoms. The molecule has 0 aliphatic rings. The van der Waals surface area contributed by atoms with Crippen molar-refractivity contribution in [3.8, 4) is 11.3 Å². The molecule has 3 heterocycles. The van der Waals surface area contributed by atoms with E-state index in [1.165, 1.54) is 16.3 Å². The Morgan fingerprint density at radius 3 is 2.67 bits per heavy atom. The molecule has 0 unspecified atom stereocenters. The molecule has 0 fully saturated rings. The number of imidazole rings is 1. The van der Waals surface area contributed by atoms with Gasteiger partial charge in [0.1, 0.15) is 0 Å². The fourth-order valence-electron chi connectivity index (χ4n) is 3.12. The minimum absolute atomic E-state index is 0.832. The van der Waals surface area contributed by atoms with Crippen LogP contribution in [0.4, 0.5) is 5.13 Å². The van der Waals surface area contributed by atoms with Crippen LogP contribution in [0.2, 0.25) is 0 Å². The number of anilines is 1. The van der Waals surface area contributed by atoms with Gasteiger partial charge in [-0.3, -0.25) is 4.98 Å². The van der Waals surface area contributed by atoms with Crippen molar-refractivity contribution in [2.24, 2.45) is 0 Å². The van der Waals surface area contributed by atoms with Gasteiger partial charge in [0.05, 0.1) is 11.9 Å². The molecule has 3 aromatic heterocycles. The molecule has 0 saturated heterocycles. The molecule has 0 atom stereocenters. The number of nitrogens with zero attached hydrogens (tertiary/aromatic N) is 4. The Morgan fingerprint density at radius 2 is 1.81 bits per heavy atom. The van der Waals surface area contributed by atoms with Gasteiger partial charge in [-0.05, 0) is 41.0 Å². The zero-order valence-electron chi connectivity index (χ0n) is 14.5. The number of hydrogen-bond acceptors (Lipinski definition) is 5. The number of aromatic nitrogens is 4. The second-order valence-corrected chi connectivity index (χ2v) is 7.31. The SMILES string of the molecule is c1ccc2cc(-c3cn4nc(NCCc5ccncc5)sc4n3)ccc2c1. The van der Waals surface area contributed by atoms with Crippen LogP contribution < -0.4 is 5.32 Å². The maximum absolute atomic E-state index is 4.75. The molecule has 5 nitrogen and oxygen atoms in total. The Morgan fingerprint density at radius 1 is 0.963 bits per heavy atom. The van der Waals surface area contributed by atoms with Gasteiger partial charge in [0, 0.05) is 24.5 Å². The molecule has 5 aromatic rings. The monoisotopic (exact) mass is 371 g/mol. The number of pyridine rings is 1. The van der Waals surface area contributed by atoms with Crippen LogP contribution in [0.1, 0.15) is 5.56 Å². The third-order valence-electron chi connectivity index (χ3n) is 4.53. The van der Waals surface area contributed by atoms with E-state index in [-0.39, 0.29) is 0 Å². The first-order valence-corrected chi connectivity index (χ1v) is 9.65. The van der Waals surface area contributed by atoms with Crippen molar-refractivity contribution in [1.29, 1.82) is 0 Å². The molecule has 2 aromatic carbocycles. The van der Waals surface area contributed by atoms with E-state index in [9.17, 15) is 0 Å². The van der Waals surface area contributed by atoms with Crippen molar-refractivity contribution in [1.82, 2.24) is 19.6 Å². The molecule has 132 valence electrons. The Kier molecular flexibility index (Phi) is 4.03. The third kappa shape index (κ3) is 3.27. The van der Waals surface area contributed by atoms with Gasteiger partial charge in [0.25, 0.3) is 0 Å². The van der Waals surface area contributed by atoms with Crippen LogP contribution in [0.15, 0.2) is 73.2 Å². The zero-order chi connectivity index (χ0) is 18.1. The zero-order valence-corrected chi connectivity index (χ0v) is 15.4. The third-order valence-corrected chi connectivity index (χ3v) is 5.41. The minimum atomic E-state index is 0.832. The summed E-state index contributed by atoms with van der Waals surface area (Å²) in [5.41, 5.74) is 3.32. The maximum atomic E-state index is 4.75. The highest BCUT2D eigenvalue weighted by molar-refractivity contribution is 7.20. The largest absolute Gasteiger partial charge is 0.360 e. The summed E-state index contributed by atoms with van der Waals surface area (Å²) >= 11 is 1.57. The molecule has 5 rings (SSSR count).